The molecule has 0 amide bonds. The Kier molecular flexibility index (Phi) is 2.52. The highest BCUT2D eigenvalue weighted by Gasteiger charge is 2.23. The predicted octanol–water partition coefficient (Wildman–Crippen LogP) is 1.76. The van der Waals surface area contributed by atoms with Gasteiger partial charge in [-0.25, -0.2) is 4.79 Å². The molecule has 1 atom stereocenters. The molecule has 1 aliphatic heterocycles. The molecule has 1 aromatic heterocycles. The highest BCUT2D eigenvalue weighted by Crippen LogP contribution is 2.26. The van der Waals surface area contributed by atoms with Crippen LogP contribution in [0.25, 0.3) is 0 Å². The summed E-state index contributed by atoms with van der Waals surface area (Å²) in [5, 5.41) is 9.00. The average Bonchev–Trinajstić information content (AvgIpc) is 2.73. The van der Waals surface area contributed by atoms with E-state index in [2.05, 4.69) is 4.57 Å². The largest absolute Gasteiger partial charge is 0.478 e. The first-order valence-electron chi connectivity index (χ1n) is 5.10. The lowest BCUT2D eigenvalue weighted by Gasteiger charge is -2.15. The lowest BCUT2D eigenvalue weighted by atomic mass is 10.2. The molecule has 2 rings (SSSR count). The Morgan fingerprint density at radius 2 is 2.33 bits per heavy atom. The maximum atomic E-state index is 11.0. The molecule has 2 heterocycles. The van der Waals surface area contributed by atoms with Gasteiger partial charge in [0.2, 0.25) is 0 Å². The summed E-state index contributed by atoms with van der Waals surface area (Å²) < 4.78 is 7.40. The SMILES string of the molecule is Cc1cc(C(=O)O)c(C)n1C1CCOC1. The maximum Gasteiger partial charge on any atom is 0.337 e. The number of nitrogens with zero attached hydrogens (tertiary/aromatic N) is 1. The lowest BCUT2D eigenvalue weighted by molar-refractivity contribution is 0.0696. The van der Waals surface area contributed by atoms with Gasteiger partial charge in [0.05, 0.1) is 18.2 Å². The Labute approximate surface area is 88.5 Å². The summed E-state index contributed by atoms with van der Waals surface area (Å²) in [5.41, 5.74) is 2.23. The zero-order valence-electron chi connectivity index (χ0n) is 8.99. The summed E-state index contributed by atoms with van der Waals surface area (Å²) in [7, 11) is 0. The van der Waals surface area contributed by atoms with Crippen molar-refractivity contribution in [1.29, 1.82) is 0 Å². The monoisotopic (exact) mass is 209 g/mol. The Morgan fingerprint density at radius 3 is 2.80 bits per heavy atom. The highest BCUT2D eigenvalue weighted by molar-refractivity contribution is 5.89. The predicted molar refractivity (Wildman–Crippen MR) is 55.3 cm³/mol. The van der Waals surface area contributed by atoms with E-state index in [0.717, 1.165) is 24.4 Å². The lowest BCUT2D eigenvalue weighted by Crippen LogP contribution is -2.12. The second kappa shape index (κ2) is 3.70. The molecule has 1 fully saturated rings. The number of aromatic nitrogens is 1. The molecule has 1 unspecified atom stereocenters. The number of hydrogen-bond acceptors (Lipinski definition) is 2. The average molecular weight is 209 g/mol. The molecular formula is C11H15NO3. The van der Waals surface area contributed by atoms with E-state index in [1.54, 1.807) is 6.07 Å². The van der Waals surface area contributed by atoms with E-state index in [9.17, 15) is 4.79 Å². The molecular weight excluding hydrogens is 194 g/mol. The van der Waals surface area contributed by atoms with E-state index >= 15 is 0 Å². The number of hydrogen-bond donors (Lipinski definition) is 1. The minimum Gasteiger partial charge on any atom is -0.478 e. The number of carbonyl (C=O) groups is 1. The van der Waals surface area contributed by atoms with Crippen LogP contribution in [0.1, 0.15) is 34.2 Å². The molecule has 4 nitrogen and oxygen atoms in total. The number of rotatable bonds is 2. The summed E-state index contributed by atoms with van der Waals surface area (Å²) >= 11 is 0. The van der Waals surface area contributed by atoms with Crippen molar-refractivity contribution in [3.63, 3.8) is 0 Å². The van der Waals surface area contributed by atoms with E-state index in [0.29, 0.717) is 18.2 Å². The van der Waals surface area contributed by atoms with Crippen molar-refractivity contribution in [1.82, 2.24) is 4.57 Å². The third-order valence-corrected chi connectivity index (χ3v) is 2.99. The van der Waals surface area contributed by atoms with E-state index < -0.39 is 5.97 Å². The standard InChI is InChI=1S/C11H15NO3/c1-7-5-10(11(13)14)8(2)12(7)9-3-4-15-6-9/h5,9H,3-4,6H2,1-2H3,(H,13,14). The third kappa shape index (κ3) is 1.65. The van der Waals surface area contributed by atoms with Crippen molar-refractivity contribution in [2.75, 3.05) is 13.2 Å². The molecule has 0 radical (unpaired) electrons. The molecule has 0 aromatic carbocycles. The van der Waals surface area contributed by atoms with Crippen LogP contribution in [0, 0.1) is 13.8 Å². The van der Waals surface area contributed by atoms with Gasteiger partial charge in [-0.1, -0.05) is 0 Å². The number of aryl methyl sites for hydroxylation is 1. The van der Waals surface area contributed by atoms with Crippen molar-refractivity contribution < 1.29 is 14.6 Å². The summed E-state index contributed by atoms with van der Waals surface area (Å²) in [6.45, 7) is 5.26. The van der Waals surface area contributed by atoms with Crippen molar-refractivity contribution in [2.24, 2.45) is 0 Å². The fourth-order valence-electron chi connectivity index (χ4n) is 2.28. The van der Waals surface area contributed by atoms with Crippen LogP contribution in [0.2, 0.25) is 0 Å². The Hall–Kier alpha value is -1.29. The molecule has 0 aliphatic carbocycles. The van der Waals surface area contributed by atoms with Crippen LogP contribution in [0.4, 0.5) is 0 Å². The second-order valence-electron chi connectivity index (χ2n) is 3.98. The molecule has 1 N–H and O–H groups in total. The van der Waals surface area contributed by atoms with Gasteiger partial charge in [0.1, 0.15) is 0 Å². The van der Waals surface area contributed by atoms with Crippen LogP contribution in [-0.2, 0) is 4.74 Å². The van der Waals surface area contributed by atoms with Gasteiger partial charge in [0.15, 0.2) is 0 Å². The Bertz CT molecular complexity index is 389. The van der Waals surface area contributed by atoms with Gasteiger partial charge in [-0.2, -0.15) is 0 Å². The van der Waals surface area contributed by atoms with Crippen LogP contribution in [-0.4, -0.2) is 28.9 Å². The normalized spacial score (nSPS) is 20.8. The van der Waals surface area contributed by atoms with Gasteiger partial charge < -0.3 is 14.4 Å². The molecule has 4 heteroatoms. The molecule has 1 aliphatic rings. The maximum absolute atomic E-state index is 11.0. The first-order chi connectivity index (χ1) is 7.11. The van der Waals surface area contributed by atoms with Crippen molar-refractivity contribution in [3.8, 4) is 0 Å². The van der Waals surface area contributed by atoms with Crippen LogP contribution < -0.4 is 0 Å². The third-order valence-electron chi connectivity index (χ3n) is 2.99. The smallest absolute Gasteiger partial charge is 0.337 e. The van der Waals surface area contributed by atoms with Crippen LogP contribution in [0.3, 0.4) is 0 Å². The first kappa shape index (κ1) is 10.2. The Morgan fingerprint density at radius 1 is 1.60 bits per heavy atom. The minimum absolute atomic E-state index is 0.304. The topological polar surface area (TPSA) is 51.5 Å². The van der Waals surface area contributed by atoms with E-state index in [4.69, 9.17) is 9.84 Å². The molecule has 1 saturated heterocycles. The molecule has 0 bridgehead atoms. The summed E-state index contributed by atoms with van der Waals surface area (Å²) in [4.78, 5) is 11.0. The highest BCUT2D eigenvalue weighted by atomic mass is 16.5. The van der Waals surface area contributed by atoms with Crippen molar-refractivity contribution in [3.05, 3.63) is 23.0 Å². The van der Waals surface area contributed by atoms with Gasteiger partial charge in [-0.05, 0) is 26.3 Å². The molecule has 0 spiro atoms. The van der Waals surface area contributed by atoms with Gasteiger partial charge >= 0.3 is 5.97 Å². The van der Waals surface area contributed by atoms with Gasteiger partial charge in [0, 0.05) is 18.0 Å². The quantitative estimate of drug-likeness (QED) is 0.807. The summed E-state index contributed by atoms with van der Waals surface area (Å²) in [6, 6.07) is 2.04. The van der Waals surface area contributed by atoms with E-state index in [1.165, 1.54) is 0 Å². The Balaban J connectivity index is 2.42. The number of aromatic carboxylic acids is 1. The molecule has 15 heavy (non-hydrogen) atoms. The summed E-state index contributed by atoms with van der Waals surface area (Å²) in [6.07, 6.45) is 0.968. The number of carboxylic acids is 1. The van der Waals surface area contributed by atoms with Crippen LogP contribution in [0.15, 0.2) is 6.07 Å². The van der Waals surface area contributed by atoms with Gasteiger partial charge in [-0.15, -0.1) is 0 Å². The van der Waals surface area contributed by atoms with Crippen LogP contribution in [0.5, 0.6) is 0 Å². The second-order valence-corrected chi connectivity index (χ2v) is 3.98. The summed E-state index contributed by atoms with van der Waals surface area (Å²) in [5.74, 6) is -0.853. The molecule has 0 saturated carbocycles. The number of carboxylic acid groups (broad SMARTS) is 1. The fraction of sp³-hybridized carbons (Fsp3) is 0.545. The minimum atomic E-state index is -0.853. The molecule has 82 valence electrons. The van der Waals surface area contributed by atoms with Crippen LogP contribution >= 0.6 is 0 Å². The number of ether oxygens (including phenoxy) is 1. The zero-order chi connectivity index (χ0) is 11.0. The zero-order valence-corrected chi connectivity index (χ0v) is 8.99. The molecule has 1 aromatic rings. The van der Waals surface area contributed by atoms with Crippen molar-refractivity contribution in [2.45, 2.75) is 26.3 Å². The van der Waals surface area contributed by atoms with E-state index in [-0.39, 0.29) is 0 Å². The van der Waals surface area contributed by atoms with Crippen molar-refractivity contribution >= 4 is 5.97 Å². The van der Waals surface area contributed by atoms with Gasteiger partial charge in [0.25, 0.3) is 0 Å². The van der Waals surface area contributed by atoms with E-state index in [1.807, 2.05) is 13.8 Å². The first-order valence-corrected chi connectivity index (χ1v) is 5.10. The van der Waals surface area contributed by atoms with Gasteiger partial charge in [-0.3, -0.25) is 0 Å². The fourth-order valence-corrected chi connectivity index (χ4v) is 2.28.